The Bertz CT molecular complexity index is 1500. The molecule has 1 aliphatic rings. The highest BCUT2D eigenvalue weighted by Gasteiger charge is 2.29. The van der Waals surface area contributed by atoms with E-state index in [9.17, 15) is 9.18 Å². The molecule has 1 atom stereocenters. The Morgan fingerprint density at radius 3 is 2.82 bits per heavy atom. The molecule has 1 amide bonds. The third-order valence-corrected chi connectivity index (χ3v) is 6.48. The van der Waals surface area contributed by atoms with Crippen molar-refractivity contribution in [2.24, 2.45) is 0 Å². The molecule has 11 nitrogen and oxygen atoms in total. The van der Waals surface area contributed by atoms with E-state index in [1.807, 2.05) is 11.9 Å². The van der Waals surface area contributed by atoms with E-state index in [0.29, 0.717) is 47.3 Å². The monoisotopic (exact) mass is 515 g/mol. The largest absolute Gasteiger partial charge is 0.480 e. The fourth-order valence-corrected chi connectivity index (χ4v) is 4.48. The van der Waals surface area contributed by atoms with Crippen molar-refractivity contribution >= 4 is 17.4 Å². The third-order valence-electron chi connectivity index (χ3n) is 6.48. The van der Waals surface area contributed by atoms with Crippen molar-refractivity contribution in [2.75, 3.05) is 45.4 Å². The number of hydrogen-bond acceptors (Lipinski definition) is 9. The van der Waals surface area contributed by atoms with Crippen LogP contribution in [0.25, 0.3) is 16.9 Å². The number of hydrogen-bond donors (Lipinski definition) is 1. The second kappa shape index (κ2) is 10.8. The molecule has 12 heteroatoms. The molecule has 5 rings (SSSR count). The fraction of sp³-hybridized carbons (Fsp3) is 0.308. The molecule has 4 aromatic rings. The van der Waals surface area contributed by atoms with Crippen molar-refractivity contribution in [3.8, 4) is 23.2 Å². The molecule has 3 aromatic heterocycles. The number of nitrogens with one attached hydrogen (secondary N) is 1. The zero-order valence-electron chi connectivity index (χ0n) is 21.0. The number of ether oxygens (including phenoxy) is 1. The lowest BCUT2D eigenvalue weighted by Crippen LogP contribution is -2.53. The number of piperazine rings is 1. The highest BCUT2D eigenvalue weighted by atomic mass is 19.1. The number of halogens is 1. The molecule has 0 spiro atoms. The van der Waals surface area contributed by atoms with Gasteiger partial charge in [0.05, 0.1) is 30.3 Å². The van der Waals surface area contributed by atoms with Gasteiger partial charge in [0.25, 0.3) is 5.91 Å². The summed E-state index contributed by atoms with van der Waals surface area (Å²) >= 11 is 0. The van der Waals surface area contributed by atoms with Crippen LogP contribution in [-0.2, 0) is 6.54 Å². The van der Waals surface area contributed by atoms with E-state index in [4.69, 9.17) is 15.1 Å². The standard InChI is InChI=1S/C26H26FN9O2/c1-34-7-8-35(19(11-27)15-34)24-10-22(25(37)30-13-18-5-3-17(12-28)4-6-18)32-23-9-21(33-36(23)24)20-14-29-16-31-26(20)38-2/h3-6,9-10,14,16,19H,7-8,11,13,15H2,1-2H3,(H,30,37)/t19-/m1/s1. The van der Waals surface area contributed by atoms with E-state index in [-0.39, 0.29) is 18.1 Å². The van der Waals surface area contributed by atoms with Crippen molar-refractivity contribution < 1.29 is 13.9 Å². The van der Waals surface area contributed by atoms with Crippen molar-refractivity contribution in [3.05, 3.63) is 65.7 Å². The summed E-state index contributed by atoms with van der Waals surface area (Å²) in [7, 11) is 3.47. The van der Waals surface area contributed by atoms with Crippen LogP contribution in [-0.4, -0.2) is 81.9 Å². The first kappa shape index (κ1) is 25.0. The molecule has 1 N–H and O–H groups in total. The molecule has 4 heterocycles. The fourth-order valence-electron chi connectivity index (χ4n) is 4.48. The molecule has 1 aromatic carbocycles. The normalized spacial score (nSPS) is 15.8. The van der Waals surface area contributed by atoms with Crippen LogP contribution in [0.4, 0.5) is 10.2 Å². The van der Waals surface area contributed by atoms with Gasteiger partial charge in [0.2, 0.25) is 5.88 Å². The van der Waals surface area contributed by atoms with Crippen LogP contribution >= 0.6 is 0 Å². The molecule has 1 fully saturated rings. The van der Waals surface area contributed by atoms with Crippen LogP contribution in [0.2, 0.25) is 0 Å². The molecule has 1 saturated heterocycles. The number of fused-ring (bicyclic) bond motifs is 1. The maximum atomic E-state index is 14.1. The Morgan fingerprint density at radius 2 is 2.08 bits per heavy atom. The molecule has 0 saturated carbocycles. The highest BCUT2D eigenvalue weighted by Crippen LogP contribution is 2.29. The zero-order valence-corrected chi connectivity index (χ0v) is 21.0. The number of carbonyl (C=O) groups excluding carboxylic acids is 1. The quantitative estimate of drug-likeness (QED) is 0.394. The Balaban J connectivity index is 1.54. The molecule has 1 aliphatic heterocycles. The molecule has 0 unspecified atom stereocenters. The van der Waals surface area contributed by atoms with E-state index in [1.54, 1.807) is 47.1 Å². The van der Waals surface area contributed by atoms with Crippen LogP contribution in [0.3, 0.4) is 0 Å². The van der Waals surface area contributed by atoms with Crippen molar-refractivity contribution in [1.82, 2.24) is 34.8 Å². The van der Waals surface area contributed by atoms with Gasteiger partial charge < -0.3 is 19.9 Å². The summed E-state index contributed by atoms with van der Waals surface area (Å²) in [5.41, 5.74) is 3.07. The lowest BCUT2D eigenvalue weighted by molar-refractivity contribution is 0.0946. The number of nitrogens with zero attached hydrogens (tertiary/aromatic N) is 8. The smallest absolute Gasteiger partial charge is 0.270 e. The van der Waals surface area contributed by atoms with Crippen LogP contribution < -0.4 is 15.0 Å². The average Bonchev–Trinajstić information content (AvgIpc) is 3.40. The van der Waals surface area contributed by atoms with E-state index in [1.165, 1.54) is 13.4 Å². The second-order valence-electron chi connectivity index (χ2n) is 9.00. The van der Waals surface area contributed by atoms with Gasteiger partial charge in [0.15, 0.2) is 5.65 Å². The zero-order chi connectivity index (χ0) is 26.6. The van der Waals surface area contributed by atoms with E-state index < -0.39 is 12.7 Å². The van der Waals surface area contributed by atoms with Gasteiger partial charge in [-0.1, -0.05) is 12.1 Å². The number of methoxy groups -OCH3 is 1. The molecule has 194 valence electrons. The van der Waals surface area contributed by atoms with E-state index in [0.717, 1.165) is 12.1 Å². The van der Waals surface area contributed by atoms with Gasteiger partial charge in [-0.25, -0.2) is 19.3 Å². The Morgan fingerprint density at radius 1 is 1.26 bits per heavy atom. The van der Waals surface area contributed by atoms with Crippen molar-refractivity contribution in [1.29, 1.82) is 5.26 Å². The number of carbonyl (C=O) groups is 1. The summed E-state index contributed by atoms with van der Waals surface area (Å²) in [6.45, 7) is 1.54. The summed E-state index contributed by atoms with van der Waals surface area (Å²) < 4.78 is 21.1. The summed E-state index contributed by atoms with van der Waals surface area (Å²) in [6, 6.07) is 12.0. The van der Waals surface area contributed by atoms with Crippen LogP contribution in [0, 0.1) is 11.3 Å². The van der Waals surface area contributed by atoms with Gasteiger partial charge >= 0.3 is 0 Å². The first-order chi connectivity index (χ1) is 18.5. The van der Waals surface area contributed by atoms with Crippen molar-refractivity contribution in [2.45, 2.75) is 12.6 Å². The topological polar surface area (TPSA) is 125 Å². The maximum absolute atomic E-state index is 14.1. The minimum atomic E-state index is -0.553. The molecular formula is C26H26FN9O2. The van der Waals surface area contributed by atoms with E-state index >= 15 is 0 Å². The highest BCUT2D eigenvalue weighted by molar-refractivity contribution is 5.93. The third kappa shape index (κ3) is 4.96. The van der Waals surface area contributed by atoms with Gasteiger partial charge in [-0.2, -0.15) is 14.9 Å². The number of aromatic nitrogens is 5. The summed E-state index contributed by atoms with van der Waals surface area (Å²) in [4.78, 5) is 30.0. The summed E-state index contributed by atoms with van der Waals surface area (Å²) in [6.07, 6.45) is 2.98. The Kier molecular flexibility index (Phi) is 7.10. The molecule has 38 heavy (non-hydrogen) atoms. The predicted octanol–water partition coefficient (Wildman–Crippen LogP) is 2.09. The van der Waals surface area contributed by atoms with Crippen molar-refractivity contribution in [3.63, 3.8) is 0 Å². The number of benzene rings is 1. The van der Waals surface area contributed by atoms with Crippen LogP contribution in [0.15, 0.2) is 48.9 Å². The molecule has 0 bridgehead atoms. The van der Waals surface area contributed by atoms with Gasteiger partial charge in [-0.05, 0) is 24.7 Å². The number of alkyl halides is 1. The van der Waals surface area contributed by atoms with Gasteiger partial charge in [0.1, 0.15) is 30.2 Å². The summed E-state index contributed by atoms with van der Waals surface area (Å²) in [5, 5.41) is 16.6. The lowest BCUT2D eigenvalue weighted by atomic mass is 10.1. The molecule has 0 radical (unpaired) electrons. The molecular weight excluding hydrogens is 489 g/mol. The second-order valence-corrected chi connectivity index (χ2v) is 9.00. The maximum Gasteiger partial charge on any atom is 0.270 e. The number of rotatable bonds is 7. The first-order valence-electron chi connectivity index (χ1n) is 12.0. The molecule has 0 aliphatic carbocycles. The van der Waals surface area contributed by atoms with Crippen LogP contribution in [0.5, 0.6) is 5.88 Å². The average molecular weight is 516 g/mol. The minimum Gasteiger partial charge on any atom is -0.480 e. The SMILES string of the molecule is COc1ncncc1-c1cc2nc(C(=O)NCc3ccc(C#N)cc3)cc(N3CCN(C)C[C@H]3CF)n2n1. The Labute approximate surface area is 218 Å². The number of amides is 1. The lowest BCUT2D eigenvalue weighted by Gasteiger charge is -2.40. The predicted molar refractivity (Wildman–Crippen MR) is 137 cm³/mol. The minimum absolute atomic E-state index is 0.181. The van der Waals surface area contributed by atoms with Gasteiger partial charge in [-0.3, -0.25) is 4.79 Å². The number of likely N-dealkylation sites (N-methyl/N-ethyl adjacent to an activating group) is 1. The Hall–Kier alpha value is -4.63. The number of anilines is 1. The van der Waals surface area contributed by atoms with E-state index in [2.05, 4.69) is 31.2 Å². The summed E-state index contributed by atoms with van der Waals surface area (Å²) in [5.74, 6) is 0.537. The number of nitriles is 1. The first-order valence-corrected chi connectivity index (χ1v) is 12.0. The van der Waals surface area contributed by atoms with Gasteiger partial charge in [0, 0.05) is 44.5 Å². The van der Waals surface area contributed by atoms with Crippen LogP contribution in [0.1, 0.15) is 21.6 Å². The van der Waals surface area contributed by atoms with Gasteiger partial charge in [-0.15, -0.1) is 0 Å².